The first-order valence-electron chi connectivity index (χ1n) is 7.63. The smallest absolute Gasteiger partial charge is 0.397 e. The number of halogens is 5. The van der Waals surface area contributed by atoms with Gasteiger partial charge in [0.2, 0.25) is 5.96 Å². The van der Waals surface area contributed by atoms with Gasteiger partial charge in [-0.25, -0.2) is 18.8 Å². The van der Waals surface area contributed by atoms with Gasteiger partial charge in [-0.2, -0.15) is 23.7 Å². The second-order valence-corrected chi connectivity index (χ2v) is 5.76. The second kappa shape index (κ2) is 6.79. The first-order valence-corrected chi connectivity index (χ1v) is 7.63. The molecular weight excluding hydrogens is 399 g/mol. The van der Waals surface area contributed by atoms with Crippen LogP contribution in [0.1, 0.15) is 28.3 Å². The summed E-state index contributed by atoms with van der Waals surface area (Å²) in [6, 6.07) is 1.23. The van der Waals surface area contributed by atoms with E-state index in [9.17, 15) is 27.2 Å². The van der Waals surface area contributed by atoms with Gasteiger partial charge in [-0.1, -0.05) is 0 Å². The number of nitrogens with zero attached hydrogens (tertiary/aromatic N) is 4. The van der Waals surface area contributed by atoms with Crippen LogP contribution >= 0.6 is 0 Å². The van der Waals surface area contributed by atoms with E-state index >= 15 is 0 Å². The van der Waals surface area contributed by atoms with E-state index in [4.69, 9.17) is 16.7 Å². The Balaban J connectivity index is 2.27. The minimum Gasteiger partial charge on any atom is -0.397 e. The number of anilines is 3. The molecule has 0 amide bonds. The third-order valence-corrected chi connectivity index (χ3v) is 4.02. The lowest BCUT2D eigenvalue weighted by Gasteiger charge is -2.26. The van der Waals surface area contributed by atoms with Gasteiger partial charge in [-0.3, -0.25) is 5.32 Å². The van der Waals surface area contributed by atoms with Gasteiger partial charge in [0.1, 0.15) is 46.5 Å². The summed E-state index contributed by atoms with van der Waals surface area (Å²) in [4.78, 5) is 7.93. The minimum absolute atomic E-state index is 0.0437. The normalized spacial score (nSPS) is 15.4. The monoisotopic (exact) mass is 408 g/mol. The lowest BCUT2D eigenvalue weighted by molar-refractivity contribution is -0.142. The van der Waals surface area contributed by atoms with Crippen molar-refractivity contribution < 1.29 is 22.0 Å². The van der Waals surface area contributed by atoms with Crippen molar-refractivity contribution in [1.29, 1.82) is 10.5 Å². The Morgan fingerprint density at radius 2 is 1.76 bits per heavy atom. The van der Waals surface area contributed by atoms with Crippen LogP contribution in [0.3, 0.4) is 0 Å². The number of pyridine rings is 1. The van der Waals surface area contributed by atoms with Crippen LogP contribution in [-0.2, 0) is 6.18 Å². The molecule has 1 unspecified atom stereocenters. The Labute approximate surface area is 159 Å². The Morgan fingerprint density at radius 3 is 2.28 bits per heavy atom. The van der Waals surface area contributed by atoms with Gasteiger partial charge < -0.3 is 16.8 Å². The van der Waals surface area contributed by atoms with E-state index in [-0.39, 0.29) is 40.0 Å². The number of benzene rings is 1. The molecule has 1 aliphatic heterocycles. The molecule has 13 heteroatoms. The van der Waals surface area contributed by atoms with E-state index in [1.54, 1.807) is 12.3 Å². The number of nitrogens with two attached hydrogens (primary N) is 2. The van der Waals surface area contributed by atoms with Crippen molar-refractivity contribution in [2.75, 3.05) is 16.8 Å². The minimum atomic E-state index is -5.25. The number of guanidine groups is 1. The van der Waals surface area contributed by atoms with Gasteiger partial charge >= 0.3 is 6.18 Å². The molecule has 0 bridgehead atoms. The van der Waals surface area contributed by atoms with E-state index in [0.29, 0.717) is 12.1 Å². The van der Waals surface area contributed by atoms with Gasteiger partial charge in [0.15, 0.2) is 6.19 Å². The predicted octanol–water partition coefficient (Wildman–Crippen LogP) is 2.36. The number of hydrogen-bond donors (Lipinski definition) is 4. The van der Waals surface area contributed by atoms with Crippen LogP contribution in [0, 0.1) is 34.4 Å². The fraction of sp³-hybridized carbons (Fsp3) is 0.125. The van der Waals surface area contributed by atoms with Crippen molar-refractivity contribution in [2.24, 2.45) is 4.99 Å². The summed E-state index contributed by atoms with van der Waals surface area (Å²) in [5.74, 6) is -4.29. The van der Waals surface area contributed by atoms with E-state index in [0.717, 1.165) is 0 Å². The van der Waals surface area contributed by atoms with Gasteiger partial charge in [-0.15, -0.1) is 0 Å². The zero-order valence-electron chi connectivity index (χ0n) is 14.1. The van der Waals surface area contributed by atoms with Crippen LogP contribution in [0.25, 0.3) is 0 Å². The van der Waals surface area contributed by atoms with Gasteiger partial charge in [-0.05, 0) is 17.7 Å². The third-order valence-electron chi connectivity index (χ3n) is 4.02. The molecule has 1 aromatic heterocycles. The lowest BCUT2D eigenvalue weighted by Crippen LogP contribution is -2.33. The summed E-state index contributed by atoms with van der Waals surface area (Å²) in [5.41, 5.74) is 8.66. The Morgan fingerprint density at radius 1 is 1.14 bits per heavy atom. The van der Waals surface area contributed by atoms with Crippen LogP contribution in [0.5, 0.6) is 0 Å². The number of rotatable bonds is 1. The van der Waals surface area contributed by atoms with Crippen molar-refractivity contribution in [2.45, 2.75) is 12.2 Å². The molecule has 3 rings (SSSR count). The number of aromatic nitrogens is 1. The number of aliphatic imine (C=N–C) groups is 1. The van der Waals surface area contributed by atoms with Crippen molar-refractivity contribution in [3.8, 4) is 12.3 Å². The number of nitrogens with one attached hydrogen (secondary N) is 2. The van der Waals surface area contributed by atoms with Gasteiger partial charge in [0, 0.05) is 5.56 Å². The maximum absolute atomic E-state index is 14.1. The fourth-order valence-electron chi connectivity index (χ4n) is 2.84. The van der Waals surface area contributed by atoms with Crippen LogP contribution in [0.2, 0.25) is 0 Å². The maximum atomic E-state index is 14.1. The van der Waals surface area contributed by atoms with E-state index in [1.807, 2.05) is 0 Å². The summed E-state index contributed by atoms with van der Waals surface area (Å²) in [5, 5.41) is 22.7. The van der Waals surface area contributed by atoms with Gasteiger partial charge in [0.05, 0.1) is 5.69 Å². The average molecular weight is 408 g/mol. The summed E-state index contributed by atoms with van der Waals surface area (Å²) < 4.78 is 66.7. The highest BCUT2D eigenvalue weighted by atomic mass is 19.4. The molecule has 2 heterocycles. The highest BCUT2D eigenvalue weighted by Crippen LogP contribution is 2.42. The first-order chi connectivity index (χ1) is 13.6. The van der Waals surface area contributed by atoms with Crippen LogP contribution in [0.4, 0.5) is 39.3 Å². The van der Waals surface area contributed by atoms with Crippen molar-refractivity contribution in [1.82, 2.24) is 10.3 Å². The molecule has 0 saturated heterocycles. The summed E-state index contributed by atoms with van der Waals surface area (Å²) in [6.45, 7) is 0. The average Bonchev–Trinajstić information content (AvgIpc) is 2.59. The lowest BCUT2D eigenvalue weighted by atomic mass is 9.94. The van der Waals surface area contributed by atoms with Crippen LogP contribution in [0.15, 0.2) is 17.1 Å². The summed E-state index contributed by atoms with van der Waals surface area (Å²) in [7, 11) is 0. The molecule has 148 valence electrons. The summed E-state index contributed by atoms with van der Waals surface area (Å²) in [6.07, 6.45) is -3.69. The Kier molecular flexibility index (Phi) is 4.60. The number of nitrogen functional groups attached to an aromatic ring is 2. The number of nitriles is 2. The first kappa shape index (κ1) is 19.6. The molecule has 1 aromatic carbocycles. The van der Waals surface area contributed by atoms with E-state index in [2.05, 4.69) is 20.6 Å². The molecular formula is C16H9F5N8. The number of alkyl halides is 3. The molecule has 6 N–H and O–H groups in total. The highest BCUT2D eigenvalue weighted by molar-refractivity contribution is 5.98. The Hall–Kier alpha value is -4.13. The molecule has 29 heavy (non-hydrogen) atoms. The Bertz CT molecular complexity index is 1100. The topological polar surface area (TPSA) is 149 Å². The molecule has 0 saturated carbocycles. The molecule has 0 spiro atoms. The zero-order valence-corrected chi connectivity index (χ0v) is 14.1. The van der Waals surface area contributed by atoms with E-state index in [1.165, 1.54) is 0 Å². The highest BCUT2D eigenvalue weighted by Gasteiger charge is 2.39. The predicted molar refractivity (Wildman–Crippen MR) is 90.8 cm³/mol. The molecule has 1 atom stereocenters. The number of hydrogen-bond acceptors (Lipinski definition) is 8. The van der Waals surface area contributed by atoms with Crippen molar-refractivity contribution >= 4 is 23.3 Å². The van der Waals surface area contributed by atoms with E-state index < -0.39 is 29.4 Å². The van der Waals surface area contributed by atoms with Gasteiger partial charge in [0.25, 0.3) is 0 Å². The summed E-state index contributed by atoms with van der Waals surface area (Å²) >= 11 is 0. The van der Waals surface area contributed by atoms with Crippen LogP contribution < -0.4 is 22.1 Å². The number of fused-ring (bicyclic) bond motifs is 1. The molecule has 1 aliphatic rings. The molecule has 0 aliphatic carbocycles. The zero-order chi connectivity index (χ0) is 21.5. The largest absolute Gasteiger partial charge is 0.422 e. The molecule has 2 aromatic rings. The quantitative estimate of drug-likeness (QED) is 0.321. The molecule has 0 radical (unpaired) electrons. The standard InChI is InChI=1S/C16H9F5N8/c17-7-1-5(2-8(18)10(7)16(19,20)21)12-9-11(24)6(3-22)13(25)28-14(9)29-15(27-12)26-4-23/h1-2,12H,(H6,24,25,26,27,28,29). The fourth-order valence-corrected chi connectivity index (χ4v) is 2.84. The third kappa shape index (κ3) is 3.29. The molecule has 8 nitrogen and oxygen atoms in total. The SMILES string of the molecule is N#CNC1=NC(c2cc(F)c(C(F)(F)F)c(F)c2)c2c(nc(N)c(C#N)c2N)N1. The maximum Gasteiger partial charge on any atom is 0.422 e. The van der Waals surface area contributed by atoms with Crippen molar-refractivity contribution in [3.63, 3.8) is 0 Å². The van der Waals surface area contributed by atoms with Crippen molar-refractivity contribution in [3.05, 3.63) is 46.0 Å². The second-order valence-electron chi connectivity index (χ2n) is 5.76. The van der Waals surface area contributed by atoms with Crippen LogP contribution in [-0.4, -0.2) is 10.9 Å². The molecule has 0 fully saturated rings.